The molecule has 40 heavy (non-hydrogen) atoms. The van der Waals surface area contributed by atoms with E-state index in [1.807, 2.05) is 45.0 Å². The van der Waals surface area contributed by atoms with E-state index in [9.17, 15) is 9.90 Å². The van der Waals surface area contributed by atoms with E-state index >= 15 is 0 Å². The number of aromatic nitrogens is 1. The zero-order chi connectivity index (χ0) is 28.6. The number of nitrogens with zero attached hydrogens (tertiary/aromatic N) is 3. The summed E-state index contributed by atoms with van der Waals surface area (Å²) in [6.45, 7) is 13.6. The maximum Gasteiger partial charge on any atom is 0.253 e. The van der Waals surface area contributed by atoms with Gasteiger partial charge < -0.3 is 19.6 Å². The molecule has 2 aromatic carbocycles. The Morgan fingerprint density at radius 3 is 2.55 bits per heavy atom. The summed E-state index contributed by atoms with van der Waals surface area (Å²) in [5.41, 5.74) is 5.52. The van der Waals surface area contributed by atoms with Gasteiger partial charge in [0.25, 0.3) is 5.91 Å². The van der Waals surface area contributed by atoms with Crippen LogP contribution in [0.15, 0.2) is 41.8 Å². The third kappa shape index (κ3) is 6.06. The molecule has 1 aliphatic carbocycles. The molecule has 3 aromatic rings. The molecule has 1 aromatic heterocycles. The van der Waals surface area contributed by atoms with Crippen molar-refractivity contribution in [3.8, 4) is 17.0 Å². The third-order valence-electron chi connectivity index (χ3n) is 8.89. The molecule has 2 unspecified atom stereocenters. The Morgan fingerprint density at radius 1 is 1.15 bits per heavy atom. The summed E-state index contributed by atoms with van der Waals surface area (Å²) in [6, 6.07) is 12.1. The number of benzene rings is 2. The van der Waals surface area contributed by atoms with Crippen LogP contribution in [0.25, 0.3) is 11.3 Å². The number of thiazole rings is 1. The summed E-state index contributed by atoms with van der Waals surface area (Å²) in [4.78, 5) is 22.3. The molecule has 2 atom stereocenters. The SMILES string of the molecule is Cc1ccc(OCc2ccc(C(=O)N(C)CC(C)(C)CO)cc2C)c(-c2csc(N3CC4CCC(C3)C4C)n2)c1. The highest BCUT2D eigenvalue weighted by Gasteiger charge is 2.40. The summed E-state index contributed by atoms with van der Waals surface area (Å²) < 4.78 is 6.38. The molecule has 1 saturated carbocycles. The first-order valence-electron chi connectivity index (χ1n) is 14.4. The number of carbonyl (C=O) groups is 1. The summed E-state index contributed by atoms with van der Waals surface area (Å²) in [5.74, 6) is 3.19. The maximum atomic E-state index is 13.0. The fraction of sp³-hybridized carbons (Fsp3) is 0.515. The van der Waals surface area contributed by atoms with Gasteiger partial charge in [0.2, 0.25) is 0 Å². The van der Waals surface area contributed by atoms with Gasteiger partial charge in [-0.05, 0) is 79.8 Å². The fourth-order valence-electron chi connectivity index (χ4n) is 6.28. The highest BCUT2D eigenvalue weighted by molar-refractivity contribution is 7.14. The standard InChI is InChI=1S/C33H43N3O3S/c1-21-7-12-30(28(13-21)29-18-40-32(34-29)36-15-25-9-10-26(16-36)23(25)3)39-17-27-11-8-24(14-22(27)2)31(38)35(6)19-33(4,5)20-37/h7-8,11-14,18,23,25-26,37H,9-10,15-17,19-20H2,1-6H3. The van der Waals surface area contributed by atoms with E-state index in [-0.39, 0.29) is 17.9 Å². The first kappa shape index (κ1) is 28.6. The average Bonchev–Trinajstić information content (AvgIpc) is 3.48. The molecule has 214 valence electrons. The Labute approximate surface area is 243 Å². The maximum absolute atomic E-state index is 13.0. The molecular formula is C33H43N3O3S. The van der Waals surface area contributed by atoms with E-state index in [1.165, 1.54) is 18.4 Å². The third-order valence-corrected chi connectivity index (χ3v) is 9.79. The molecule has 6 nitrogen and oxygen atoms in total. The van der Waals surface area contributed by atoms with E-state index in [1.54, 1.807) is 23.3 Å². The normalized spacial score (nSPS) is 20.6. The van der Waals surface area contributed by atoms with Crippen molar-refractivity contribution in [2.75, 3.05) is 38.2 Å². The van der Waals surface area contributed by atoms with Gasteiger partial charge in [-0.25, -0.2) is 4.98 Å². The summed E-state index contributed by atoms with van der Waals surface area (Å²) in [5, 5.41) is 12.9. The quantitative estimate of drug-likeness (QED) is 0.320. The predicted octanol–water partition coefficient (Wildman–Crippen LogP) is 6.58. The second-order valence-electron chi connectivity index (χ2n) is 12.8. The Balaban J connectivity index is 1.28. The van der Waals surface area contributed by atoms with Gasteiger partial charge in [-0.15, -0.1) is 11.3 Å². The van der Waals surface area contributed by atoms with Crippen LogP contribution in [-0.2, 0) is 6.61 Å². The molecular weight excluding hydrogens is 518 g/mol. The molecule has 2 aliphatic rings. The topological polar surface area (TPSA) is 65.9 Å². The Morgan fingerprint density at radius 2 is 1.88 bits per heavy atom. The summed E-state index contributed by atoms with van der Waals surface area (Å²) in [6.07, 6.45) is 2.70. The first-order valence-corrected chi connectivity index (χ1v) is 15.3. The zero-order valence-corrected chi connectivity index (χ0v) is 25.6. The van der Waals surface area contributed by atoms with Crippen LogP contribution in [0.3, 0.4) is 0 Å². The van der Waals surface area contributed by atoms with Crippen molar-refractivity contribution in [2.45, 2.75) is 54.1 Å². The van der Waals surface area contributed by atoms with Crippen LogP contribution in [0.5, 0.6) is 5.75 Å². The highest BCUT2D eigenvalue weighted by Crippen LogP contribution is 2.44. The van der Waals surface area contributed by atoms with Crippen molar-refractivity contribution in [1.82, 2.24) is 9.88 Å². The van der Waals surface area contributed by atoms with E-state index in [0.717, 1.165) is 64.1 Å². The van der Waals surface area contributed by atoms with Gasteiger partial charge in [-0.1, -0.05) is 38.5 Å². The molecule has 0 radical (unpaired) electrons. The van der Waals surface area contributed by atoms with Crippen molar-refractivity contribution in [3.63, 3.8) is 0 Å². The monoisotopic (exact) mass is 561 g/mol. The molecule has 1 amide bonds. The minimum Gasteiger partial charge on any atom is -0.488 e. The second kappa shape index (κ2) is 11.5. The fourth-order valence-corrected chi connectivity index (χ4v) is 7.13. The molecule has 0 spiro atoms. The number of rotatable bonds is 9. The van der Waals surface area contributed by atoms with Crippen molar-refractivity contribution >= 4 is 22.4 Å². The van der Waals surface area contributed by atoms with Crippen LogP contribution in [-0.4, -0.2) is 54.2 Å². The zero-order valence-electron chi connectivity index (χ0n) is 24.7. The number of piperidine rings is 1. The van der Waals surface area contributed by atoms with Crippen LogP contribution in [0.1, 0.15) is 60.7 Å². The molecule has 1 saturated heterocycles. The number of hydrogen-bond donors (Lipinski definition) is 1. The smallest absolute Gasteiger partial charge is 0.253 e. The van der Waals surface area contributed by atoms with Crippen LogP contribution in [0, 0.1) is 37.0 Å². The lowest BCUT2D eigenvalue weighted by Gasteiger charge is -2.36. The van der Waals surface area contributed by atoms with Gasteiger partial charge in [0.05, 0.1) is 5.69 Å². The van der Waals surface area contributed by atoms with E-state index in [4.69, 9.17) is 9.72 Å². The van der Waals surface area contributed by atoms with Gasteiger partial charge in [0.1, 0.15) is 12.4 Å². The number of amides is 1. The van der Waals surface area contributed by atoms with Crippen molar-refractivity contribution in [1.29, 1.82) is 0 Å². The Hall–Kier alpha value is -2.90. The van der Waals surface area contributed by atoms with Crippen LogP contribution < -0.4 is 9.64 Å². The Kier molecular flexibility index (Phi) is 8.25. The first-order chi connectivity index (χ1) is 19.0. The molecule has 7 heteroatoms. The molecule has 1 aliphatic heterocycles. The number of ether oxygens (including phenoxy) is 1. The Bertz CT molecular complexity index is 1350. The average molecular weight is 562 g/mol. The van der Waals surface area contributed by atoms with E-state index in [0.29, 0.717) is 18.7 Å². The molecule has 2 fully saturated rings. The number of anilines is 1. The van der Waals surface area contributed by atoms with Crippen molar-refractivity contribution < 1.29 is 14.6 Å². The van der Waals surface area contributed by atoms with E-state index < -0.39 is 0 Å². The molecule has 1 N–H and O–H groups in total. The van der Waals surface area contributed by atoms with Gasteiger partial charge in [0.15, 0.2) is 5.13 Å². The minimum atomic E-state index is -0.344. The van der Waals surface area contributed by atoms with E-state index in [2.05, 4.69) is 36.3 Å². The number of aliphatic hydroxyl groups excluding tert-OH is 1. The second-order valence-corrected chi connectivity index (χ2v) is 13.6. The minimum absolute atomic E-state index is 0.0294. The lowest BCUT2D eigenvalue weighted by molar-refractivity contribution is 0.0663. The summed E-state index contributed by atoms with van der Waals surface area (Å²) in [7, 11) is 1.78. The van der Waals surface area contributed by atoms with Crippen LogP contribution in [0.4, 0.5) is 5.13 Å². The number of aryl methyl sites for hydroxylation is 2. The van der Waals surface area contributed by atoms with Gasteiger partial charge in [0, 0.05) is 55.2 Å². The molecule has 5 rings (SSSR count). The largest absolute Gasteiger partial charge is 0.488 e. The van der Waals surface area contributed by atoms with Gasteiger partial charge in [-0.3, -0.25) is 4.79 Å². The predicted molar refractivity (Wildman–Crippen MR) is 163 cm³/mol. The van der Waals surface area contributed by atoms with Crippen molar-refractivity contribution in [3.05, 3.63) is 64.0 Å². The number of hydrogen-bond acceptors (Lipinski definition) is 6. The molecule has 2 bridgehead atoms. The number of carbonyl (C=O) groups excluding carboxylic acids is 1. The summed E-state index contributed by atoms with van der Waals surface area (Å²) >= 11 is 1.74. The van der Waals surface area contributed by atoms with Gasteiger partial charge in [-0.2, -0.15) is 0 Å². The lowest BCUT2D eigenvalue weighted by Crippen LogP contribution is -2.40. The van der Waals surface area contributed by atoms with Gasteiger partial charge >= 0.3 is 0 Å². The highest BCUT2D eigenvalue weighted by atomic mass is 32.1. The number of aliphatic hydroxyl groups is 1. The van der Waals surface area contributed by atoms with Crippen LogP contribution >= 0.6 is 11.3 Å². The lowest BCUT2D eigenvalue weighted by atomic mass is 9.87. The van der Waals surface area contributed by atoms with Crippen LogP contribution in [0.2, 0.25) is 0 Å². The van der Waals surface area contributed by atoms with Crippen molar-refractivity contribution in [2.24, 2.45) is 23.2 Å². The molecule has 2 heterocycles. The number of fused-ring (bicyclic) bond motifs is 2.